The number of unbranched alkanes of at least 4 members (excludes halogenated alkanes) is 1. The third-order valence-corrected chi connectivity index (χ3v) is 5.57. The first-order chi connectivity index (χ1) is 10.3. The number of carbonyl (C=O) groups excluding carboxylic acids is 1. The molecule has 122 valence electrons. The van der Waals surface area contributed by atoms with Crippen LogP contribution in [-0.4, -0.2) is 43.0 Å². The van der Waals surface area contributed by atoms with Gasteiger partial charge in [0.25, 0.3) is 5.91 Å². The molecular formula is C15H22N2O4S. The van der Waals surface area contributed by atoms with Gasteiger partial charge in [0.05, 0.1) is 29.2 Å². The Labute approximate surface area is 131 Å². The number of carbonyl (C=O) groups is 1. The van der Waals surface area contributed by atoms with Crippen LogP contribution < -0.4 is 10.1 Å². The van der Waals surface area contributed by atoms with Crippen molar-refractivity contribution in [3.63, 3.8) is 0 Å². The molecule has 1 unspecified atom stereocenters. The van der Waals surface area contributed by atoms with Gasteiger partial charge in [-0.05, 0) is 25.8 Å². The summed E-state index contributed by atoms with van der Waals surface area (Å²) in [5.41, 5.74) is -0.306. The van der Waals surface area contributed by atoms with Gasteiger partial charge in [-0.15, -0.1) is 0 Å². The molecule has 1 aliphatic rings. The average Bonchev–Trinajstić information content (AvgIpc) is 2.73. The molecule has 0 bridgehead atoms. The molecule has 0 aliphatic carbocycles. The lowest BCUT2D eigenvalue weighted by atomic mass is 10.0. The number of nitrogens with one attached hydrogen (secondary N) is 1. The molecule has 7 heteroatoms. The molecule has 2 heterocycles. The number of sulfone groups is 1. The first kappa shape index (κ1) is 16.7. The number of pyridine rings is 1. The zero-order valence-corrected chi connectivity index (χ0v) is 13.8. The fourth-order valence-corrected chi connectivity index (χ4v) is 4.47. The van der Waals surface area contributed by atoms with Crippen molar-refractivity contribution in [1.29, 1.82) is 0 Å². The summed E-state index contributed by atoms with van der Waals surface area (Å²) < 4.78 is 28.5. The minimum Gasteiger partial charge on any atom is -0.478 e. The van der Waals surface area contributed by atoms with E-state index in [0.29, 0.717) is 24.5 Å². The summed E-state index contributed by atoms with van der Waals surface area (Å²) in [4.78, 5) is 16.3. The lowest BCUT2D eigenvalue weighted by Gasteiger charge is -2.23. The summed E-state index contributed by atoms with van der Waals surface area (Å²) in [6.45, 7) is 4.43. The van der Waals surface area contributed by atoms with E-state index in [9.17, 15) is 13.2 Å². The third-order valence-electron chi connectivity index (χ3n) is 3.67. The zero-order valence-electron chi connectivity index (χ0n) is 13.0. The molecule has 1 amide bonds. The maximum atomic E-state index is 12.2. The summed E-state index contributed by atoms with van der Waals surface area (Å²) in [6.07, 6.45) is 3.88. The lowest BCUT2D eigenvalue weighted by Crippen LogP contribution is -2.46. The van der Waals surface area contributed by atoms with Crippen LogP contribution in [0.2, 0.25) is 0 Å². The second kappa shape index (κ2) is 6.64. The van der Waals surface area contributed by atoms with E-state index < -0.39 is 15.4 Å². The monoisotopic (exact) mass is 326 g/mol. The molecule has 1 saturated heterocycles. The molecule has 1 N–H and O–H groups in total. The molecule has 0 saturated carbocycles. The smallest absolute Gasteiger partial charge is 0.253 e. The van der Waals surface area contributed by atoms with Crippen molar-refractivity contribution in [2.45, 2.75) is 38.6 Å². The summed E-state index contributed by atoms with van der Waals surface area (Å²) in [6, 6.07) is 3.29. The van der Waals surface area contributed by atoms with E-state index in [1.807, 2.05) is 0 Å². The van der Waals surface area contributed by atoms with Crippen LogP contribution in [0.1, 0.15) is 43.5 Å². The van der Waals surface area contributed by atoms with Crippen LogP contribution in [0.15, 0.2) is 18.3 Å². The summed E-state index contributed by atoms with van der Waals surface area (Å²) >= 11 is 0. The van der Waals surface area contributed by atoms with Crippen LogP contribution in [-0.2, 0) is 9.84 Å². The molecule has 22 heavy (non-hydrogen) atoms. The predicted octanol–water partition coefficient (Wildman–Crippen LogP) is 1.57. The minimum atomic E-state index is -3.05. The topological polar surface area (TPSA) is 85.4 Å². The second-order valence-corrected chi connectivity index (χ2v) is 8.13. The van der Waals surface area contributed by atoms with Crippen molar-refractivity contribution in [2.24, 2.45) is 0 Å². The second-order valence-electron chi connectivity index (χ2n) is 5.94. The largest absolute Gasteiger partial charge is 0.478 e. The molecular weight excluding hydrogens is 304 g/mol. The summed E-state index contributed by atoms with van der Waals surface area (Å²) in [7, 11) is -3.05. The molecule has 1 aromatic heterocycles. The van der Waals surface area contributed by atoms with Gasteiger partial charge in [0.15, 0.2) is 9.84 Å². The van der Waals surface area contributed by atoms with Crippen molar-refractivity contribution in [3.05, 3.63) is 23.9 Å². The maximum absolute atomic E-state index is 12.2. The first-order valence-corrected chi connectivity index (χ1v) is 9.27. The SMILES string of the molecule is CCCCOc1ccc(C(=O)NC2(C)CCS(=O)(=O)C2)cn1. The van der Waals surface area contributed by atoms with Crippen LogP contribution >= 0.6 is 0 Å². The lowest BCUT2D eigenvalue weighted by molar-refractivity contribution is 0.0915. The first-order valence-electron chi connectivity index (χ1n) is 7.45. The van der Waals surface area contributed by atoms with Gasteiger partial charge in [-0.1, -0.05) is 13.3 Å². The molecule has 0 spiro atoms. The molecule has 0 radical (unpaired) electrons. The highest BCUT2D eigenvalue weighted by Crippen LogP contribution is 2.23. The highest BCUT2D eigenvalue weighted by Gasteiger charge is 2.39. The van der Waals surface area contributed by atoms with Gasteiger partial charge in [0.2, 0.25) is 5.88 Å². The molecule has 1 aromatic rings. The number of amides is 1. The summed E-state index contributed by atoms with van der Waals surface area (Å²) in [5, 5.41) is 2.80. The highest BCUT2D eigenvalue weighted by atomic mass is 32.2. The Hall–Kier alpha value is -1.63. The standard InChI is InChI=1S/C15H22N2O4S/c1-3-4-8-21-13-6-5-12(10-16-13)14(18)17-15(2)7-9-22(19,20)11-15/h5-6,10H,3-4,7-9,11H2,1-2H3,(H,17,18). The Morgan fingerprint density at radius 2 is 2.23 bits per heavy atom. The van der Waals surface area contributed by atoms with Crippen molar-refractivity contribution >= 4 is 15.7 Å². The normalized spacial score (nSPS) is 23.2. The molecule has 1 aliphatic heterocycles. The highest BCUT2D eigenvalue weighted by molar-refractivity contribution is 7.91. The van der Waals surface area contributed by atoms with Crippen molar-refractivity contribution < 1.29 is 17.9 Å². The fraction of sp³-hybridized carbons (Fsp3) is 0.600. The Morgan fingerprint density at radius 1 is 1.45 bits per heavy atom. The number of aromatic nitrogens is 1. The van der Waals surface area contributed by atoms with Gasteiger partial charge in [0.1, 0.15) is 0 Å². The third kappa shape index (κ3) is 4.43. The number of hydrogen-bond donors (Lipinski definition) is 1. The van der Waals surface area contributed by atoms with Crippen LogP contribution in [0.5, 0.6) is 5.88 Å². The molecule has 1 fully saturated rings. The number of hydrogen-bond acceptors (Lipinski definition) is 5. The Balaban J connectivity index is 1.95. The molecule has 0 aromatic carbocycles. The van der Waals surface area contributed by atoms with Crippen LogP contribution in [0, 0.1) is 0 Å². The average molecular weight is 326 g/mol. The van der Waals surface area contributed by atoms with Gasteiger partial charge < -0.3 is 10.1 Å². The van der Waals surface area contributed by atoms with Crippen LogP contribution in [0.25, 0.3) is 0 Å². The van der Waals surface area contributed by atoms with Gasteiger partial charge >= 0.3 is 0 Å². The van der Waals surface area contributed by atoms with E-state index in [1.54, 1.807) is 19.1 Å². The van der Waals surface area contributed by atoms with Crippen LogP contribution in [0.3, 0.4) is 0 Å². The van der Waals surface area contributed by atoms with E-state index in [2.05, 4.69) is 17.2 Å². The van der Waals surface area contributed by atoms with E-state index >= 15 is 0 Å². The maximum Gasteiger partial charge on any atom is 0.253 e. The number of nitrogens with zero attached hydrogens (tertiary/aromatic N) is 1. The van der Waals surface area contributed by atoms with Gasteiger partial charge in [-0.3, -0.25) is 4.79 Å². The molecule has 2 rings (SSSR count). The van der Waals surface area contributed by atoms with Crippen molar-refractivity contribution in [1.82, 2.24) is 10.3 Å². The van der Waals surface area contributed by atoms with Crippen molar-refractivity contribution in [3.8, 4) is 5.88 Å². The summed E-state index contributed by atoms with van der Waals surface area (Å²) in [5.74, 6) is 0.274. The quantitative estimate of drug-likeness (QED) is 0.802. The molecule has 1 atom stereocenters. The van der Waals surface area contributed by atoms with Gasteiger partial charge in [-0.25, -0.2) is 13.4 Å². The van der Waals surface area contributed by atoms with E-state index in [-0.39, 0.29) is 17.4 Å². The van der Waals surface area contributed by atoms with Gasteiger partial charge in [-0.2, -0.15) is 0 Å². The molecule has 6 nitrogen and oxygen atoms in total. The zero-order chi connectivity index (χ0) is 16.2. The Morgan fingerprint density at radius 3 is 2.77 bits per heavy atom. The Bertz CT molecular complexity index is 627. The number of ether oxygens (including phenoxy) is 1. The van der Waals surface area contributed by atoms with E-state index in [1.165, 1.54) is 6.20 Å². The van der Waals surface area contributed by atoms with E-state index in [0.717, 1.165) is 12.8 Å². The van der Waals surface area contributed by atoms with Crippen molar-refractivity contribution in [2.75, 3.05) is 18.1 Å². The van der Waals surface area contributed by atoms with E-state index in [4.69, 9.17) is 4.74 Å². The fourth-order valence-electron chi connectivity index (χ4n) is 2.38. The van der Waals surface area contributed by atoms with Gasteiger partial charge in [0, 0.05) is 12.3 Å². The predicted molar refractivity (Wildman–Crippen MR) is 83.8 cm³/mol. The van der Waals surface area contributed by atoms with Crippen LogP contribution in [0.4, 0.5) is 0 Å². The Kier molecular flexibility index (Phi) is 5.05. The minimum absolute atomic E-state index is 0.0165. The number of rotatable bonds is 6.